The zero-order chi connectivity index (χ0) is 26.9. The average Bonchev–Trinajstić information content (AvgIpc) is 3.42. The molecule has 1 aliphatic rings. The van der Waals surface area contributed by atoms with E-state index >= 15 is 0 Å². The van der Waals surface area contributed by atoms with Crippen molar-refractivity contribution in [3.63, 3.8) is 0 Å². The van der Waals surface area contributed by atoms with Gasteiger partial charge >= 0.3 is 0 Å². The van der Waals surface area contributed by atoms with Crippen molar-refractivity contribution in [3.8, 4) is 34.2 Å². The lowest BCUT2D eigenvalue weighted by Crippen LogP contribution is -2.56. The van der Waals surface area contributed by atoms with Crippen LogP contribution in [0.3, 0.4) is 0 Å². The number of halogens is 2. The van der Waals surface area contributed by atoms with Crippen LogP contribution >= 0.6 is 24.0 Å². The van der Waals surface area contributed by atoms with Crippen LogP contribution in [0.25, 0.3) is 22.4 Å². The van der Waals surface area contributed by atoms with E-state index in [0.717, 1.165) is 6.42 Å². The summed E-state index contributed by atoms with van der Waals surface area (Å²) < 4.78 is 5.17. The molecule has 0 atom stereocenters. The summed E-state index contributed by atoms with van der Waals surface area (Å²) >= 11 is 6.01. The second-order valence-electron chi connectivity index (χ2n) is 9.03. The number of rotatable bonds is 6. The molecule has 1 aliphatic carbocycles. The normalized spacial score (nSPS) is 13.4. The zero-order valence-corrected chi connectivity index (χ0v) is 22.0. The van der Waals surface area contributed by atoms with Crippen LogP contribution in [0, 0.1) is 11.3 Å². The number of phenols is 1. The Bertz CT molecular complexity index is 1590. The molecule has 1 saturated carbocycles. The third-order valence-electron chi connectivity index (χ3n) is 6.47. The van der Waals surface area contributed by atoms with Crippen molar-refractivity contribution in [3.05, 3.63) is 83.3 Å². The Kier molecular flexibility index (Phi) is 7.93. The minimum Gasteiger partial charge on any atom is -0.507 e. The van der Waals surface area contributed by atoms with E-state index in [-0.39, 0.29) is 46.9 Å². The van der Waals surface area contributed by atoms with E-state index < -0.39 is 11.4 Å². The first-order valence-electron chi connectivity index (χ1n) is 11.8. The number of nitrogens with one attached hydrogen (secondary N) is 2. The summed E-state index contributed by atoms with van der Waals surface area (Å²) in [5, 5.41) is 26.5. The number of amides is 2. The number of pyridine rings is 1. The van der Waals surface area contributed by atoms with Gasteiger partial charge in [-0.2, -0.15) is 5.26 Å². The molecule has 39 heavy (non-hydrogen) atoms. The molecule has 11 heteroatoms. The highest BCUT2D eigenvalue weighted by Crippen LogP contribution is 2.37. The number of carbonyl (C=O) groups excluding carboxylic acids is 2. The monoisotopic (exact) mass is 563 g/mol. The first-order chi connectivity index (χ1) is 18.3. The highest BCUT2D eigenvalue weighted by Gasteiger charge is 2.40. The molecule has 2 amide bonds. The minimum atomic E-state index is -0.882. The summed E-state index contributed by atoms with van der Waals surface area (Å²) in [6, 6.07) is 18.3. The molecule has 0 radical (unpaired) electrons. The molecule has 1 fully saturated rings. The molecule has 0 aliphatic heterocycles. The summed E-state index contributed by atoms with van der Waals surface area (Å²) in [4.78, 5) is 29.9. The van der Waals surface area contributed by atoms with Gasteiger partial charge in [0.2, 0.25) is 5.91 Å². The number of hydrogen-bond acceptors (Lipinski definition) is 7. The molecule has 9 nitrogen and oxygen atoms in total. The van der Waals surface area contributed by atoms with Gasteiger partial charge in [-0.3, -0.25) is 9.59 Å². The maximum atomic E-state index is 12.8. The summed E-state index contributed by atoms with van der Waals surface area (Å²) in [6.07, 6.45) is 3.50. The van der Waals surface area contributed by atoms with Crippen LogP contribution in [0.15, 0.2) is 71.3 Å². The van der Waals surface area contributed by atoms with Gasteiger partial charge in [0.15, 0.2) is 11.6 Å². The number of hydrogen-bond donors (Lipinski definition) is 4. The van der Waals surface area contributed by atoms with Crippen LogP contribution in [-0.4, -0.2) is 27.4 Å². The van der Waals surface area contributed by atoms with Crippen molar-refractivity contribution in [1.82, 2.24) is 4.98 Å². The van der Waals surface area contributed by atoms with Gasteiger partial charge in [-0.25, -0.2) is 4.98 Å². The maximum absolute atomic E-state index is 12.8. The Morgan fingerprint density at radius 1 is 1.08 bits per heavy atom. The Labute approximate surface area is 235 Å². The lowest BCUT2D eigenvalue weighted by Gasteiger charge is -2.36. The molecular formula is C28H23Cl2N5O4. The van der Waals surface area contributed by atoms with E-state index in [2.05, 4.69) is 21.7 Å². The second-order valence-corrected chi connectivity index (χ2v) is 9.46. The molecular weight excluding hydrogens is 541 g/mol. The summed E-state index contributed by atoms with van der Waals surface area (Å²) in [5.41, 5.74) is 7.48. The van der Waals surface area contributed by atoms with Crippen molar-refractivity contribution in [2.45, 2.75) is 24.8 Å². The van der Waals surface area contributed by atoms with Crippen LogP contribution in [0.5, 0.6) is 5.75 Å². The highest BCUT2D eigenvalue weighted by molar-refractivity contribution is 6.30. The van der Waals surface area contributed by atoms with E-state index in [1.54, 1.807) is 48.5 Å². The number of carbonyl (C=O) groups is 2. The Morgan fingerprint density at radius 3 is 2.51 bits per heavy atom. The summed E-state index contributed by atoms with van der Waals surface area (Å²) in [6.45, 7) is 0. The Morgan fingerprint density at radius 2 is 1.87 bits per heavy atom. The zero-order valence-electron chi connectivity index (χ0n) is 20.4. The van der Waals surface area contributed by atoms with Crippen LogP contribution < -0.4 is 16.4 Å². The van der Waals surface area contributed by atoms with Crippen LogP contribution in [-0.2, 0) is 4.79 Å². The van der Waals surface area contributed by atoms with Gasteiger partial charge in [-0.15, -0.1) is 12.4 Å². The van der Waals surface area contributed by atoms with Crippen molar-refractivity contribution >= 4 is 47.3 Å². The highest BCUT2D eigenvalue weighted by atomic mass is 35.5. The van der Waals surface area contributed by atoms with E-state index in [0.29, 0.717) is 40.2 Å². The second kappa shape index (κ2) is 11.2. The number of benzene rings is 2. The predicted molar refractivity (Wildman–Crippen MR) is 150 cm³/mol. The van der Waals surface area contributed by atoms with Gasteiger partial charge in [-0.1, -0.05) is 23.7 Å². The van der Waals surface area contributed by atoms with Crippen LogP contribution in [0.1, 0.15) is 35.4 Å². The van der Waals surface area contributed by atoms with Gasteiger partial charge in [0.05, 0.1) is 17.5 Å². The average molecular weight is 564 g/mol. The molecule has 198 valence electrons. The third kappa shape index (κ3) is 5.59. The van der Waals surface area contributed by atoms with Crippen molar-refractivity contribution in [2.24, 2.45) is 5.73 Å². The number of aromatic hydroxyl groups is 1. The molecule has 5 N–H and O–H groups in total. The molecule has 2 aromatic heterocycles. The molecule has 4 aromatic rings. The van der Waals surface area contributed by atoms with E-state index in [4.69, 9.17) is 21.8 Å². The molecule has 0 spiro atoms. The molecule has 2 heterocycles. The number of phenolic OH excluding ortho intramolecular Hbond substituents is 1. The SMILES string of the molecule is Cl.N#Cc1c(-c2cccc(NC(=O)C3(N)CCC3)c2)cc(-c2ccc(Cl)cc2O)nc1NC(=O)c1ccco1. The molecule has 0 bridgehead atoms. The fraction of sp³-hybridized carbons (Fsp3) is 0.143. The van der Waals surface area contributed by atoms with Gasteiger partial charge in [-0.05, 0) is 73.4 Å². The van der Waals surface area contributed by atoms with Gasteiger partial charge in [0, 0.05) is 21.8 Å². The van der Waals surface area contributed by atoms with Crippen LogP contribution in [0.4, 0.5) is 11.5 Å². The number of nitrogens with zero attached hydrogens (tertiary/aromatic N) is 2. The number of nitrogens with two attached hydrogens (primary N) is 1. The first kappa shape index (κ1) is 27.7. The van der Waals surface area contributed by atoms with E-state index in [9.17, 15) is 20.0 Å². The predicted octanol–water partition coefficient (Wildman–Crippen LogP) is 5.73. The molecule has 0 unspecified atom stereocenters. The van der Waals surface area contributed by atoms with Gasteiger partial charge in [0.25, 0.3) is 5.91 Å². The fourth-order valence-electron chi connectivity index (χ4n) is 4.22. The maximum Gasteiger partial charge on any atom is 0.292 e. The molecule has 2 aromatic carbocycles. The lowest BCUT2D eigenvalue weighted by molar-refractivity contribution is -0.123. The fourth-order valence-corrected chi connectivity index (χ4v) is 4.38. The molecule has 0 saturated heterocycles. The van der Waals surface area contributed by atoms with Crippen molar-refractivity contribution < 1.29 is 19.1 Å². The van der Waals surface area contributed by atoms with E-state index in [1.165, 1.54) is 18.4 Å². The van der Waals surface area contributed by atoms with Gasteiger partial charge < -0.3 is 25.9 Å². The Balaban J connectivity index is 0.00000353. The molecule has 5 rings (SSSR count). The van der Waals surface area contributed by atoms with Crippen molar-refractivity contribution in [2.75, 3.05) is 10.6 Å². The summed E-state index contributed by atoms with van der Waals surface area (Å²) in [7, 11) is 0. The number of aromatic nitrogens is 1. The minimum absolute atomic E-state index is 0. The lowest BCUT2D eigenvalue weighted by atomic mass is 9.77. The Hall–Kier alpha value is -4.36. The topological polar surface area (TPSA) is 154 Å². The smallest absolute Gasteiger partial charge is 0.292 e. The number of furan rings is 1. The number of anilines is 2. The first-order valence-corrected chi connectivity index (χ1v) is 12.1. The summed E-state index contributed by atoms with van der Waals surface area (Å²) in [5.74, 6) is -0.987. The largest absolute Gasteiger partial charge is 0.507 e. The van der Waals surface area contributed by atoms with Gasteiger partial charge in [0.1, 0.15) is 17.4 Å². The quantitative estimate of drug-likeness (QED) is 0.233. The van der Waals surface area contributed by atoms with Crippen LogP contribution in [0.2, 0.25) is 5.02 Å². The standard InChI is InChI=1S/C28H22ClN5O4.ClH/c29-17-7-8-19(23(35)13-17)22-14-20(21(15-30)25(33-22)34-26(36)24-6-2-11-38-24)16-4-1-5-18(12-16)32-27(37)28(31)9-3-10-28;/h1-2,4-8,11-14,35H,3,9-10,31H2,(H,32,37)(H,33,34,36);1H. The van der Waals surface area contributed by atoms with E-state index in [1.807, 2.05) is 0 Å². The number of nitriles is 1. The third-order valence-corrected chi connectivity index (χ3v) is 6.71. The van der Waals surface area contributed by atoms with Crippen molar-refractivity contribution in [1.29, 1.82) is 5.26 Å².